The first-order chi connectivity index (χ1) is 8.90. The van der Waals surface area contributed by atoms with Gasteiger partial charge in [0.25, 0.3) is 0 Å². The Morgan fingerprint density at radius 2 is 1.89 bits per heavy atom. The molecule has 0 saturated heterocycles. The van der Waals surface area contributed by atoms with Crippen molar-refractivity contribution in [3.8, 4) is 6.07 Å². The molecule has 0 spiro atoms. The van der Waals surface area contributed by atoms with Gasteiger partial charge in [0.1, 0.15) is 0 Å². The highest BCUT2D eigenvalue weighted by molar-refractivity contribution is 5.31. The molecule has 0 aliphatic heterocycles. The minimum absolute atomic E-state index is 0.0398. The molecular weight excluding hydrogens is 253 g/mol. The third-order valence-electron chi connectivity index (χ3n) is 2.84. The number of hydrogen-bond donors (Lipinski definition) is 1. The molecule has 1 N–H and O–H groups in total. The van der Waals surface area contributed by atoms with Crippen LogP contribution < -0.4 is 5.32 Å². The summed E-state index contributed by atoms with van der Waals surface area (Å²) < 4.78 is 35.9. The quantitative estimate of drug-likeness (QED) is 0.854. The van der Waals surface area contributed by atoms with E-state index >= 15 is 0 Å². The molecular formula is C14H17F3N2. The molecule has 104 valence electrons. The summed E-state index contributed by atoms with van der Waals surface area (Å²) in [4.78, 5) is 0. The number of nitriles is 1. The molecule has 0 heterocycles. The molecule has 0 radical (unpaired) electrons. The highest BCUT2D eigenvalue weighted by Gasteiger charge is 2.26. The van der Waals surface area contributed by atoms with Crippen LogP contribution in [0.2, 0.25) is 0 Å². The first-order valence-corrected chi connectivity index (χ1v) is 6.20. The monoisotopic (exact) mass is 270 g/mol. The lowest BCUT2D eigenvalue weighted by Crippen LogP contribution is -2.25. The summed E-state index contributed by atoms with van der Waals surface area (Å²) in [5.74, 6) is 0. The van der Waals surface area contributed by atoms with Gasteiger partial charge < -0.3 is 5.32 Å². The third kappa shape index (κ3) is 6.82. The minimum Gasteiger partial charge on any atom is -0.310 e. The first kappa shape index (κ1) is 15.5. The molecule has 0 aliphatic carbocycles. The minimum atomic E-state index is -4.06. The predicted octanol–water partition coefficient (Wildman–Crippen LogP) is 3.77. The molecule has 5 heteroatoms. The SMILES string of the molecule is CC(CCCC(F)(F)F)NCc1ccc(C#N)cc1. The summed E-state index contributed by atoms with van der Waals surface area (Å²) in [7, 11) is 0. The Bertz CT molecular complexity index is 418. The fourth-order valence-electron chi connectivity index (χ4n) is 1.70. The normalized spacial score (nSPS) is 13.0. The Labute approximate surface area is 111 Å². The van der Waals surface area contributed by atoms with E-state index in [2.05, 4.69) is 5.32 Å². The lowest BCUT2D eigenvalue weighted by molar-refractivity contribution is -0.135. The summed E-state index contributed by atoms with van der Waals surface area (Å²) in [6.45, 7) is 2.47. The van der Waals surface area contributed by atoms with Crippen LogP contribution in [0.4, 0.5) is 13.2 Å². The van der Waals surface area contributed by atoms with Crippen molar-refractivity contribution >= 4 is 0 Å². The average Bonchev–Trinajstić information content (AvgIpc) is 2.35. The van der Waals surface area contributed by atoms with Gasteiger partial charge in [-0.3, -0.25) is 0 Å². The maximum Gasteiger partial charge on any atom is 0.389 e. The van der Waals surface area contributed by atoms with Crippen LogP contribution in [0.3, 0.4) is 0 Å². The van der Waals surface area contributed by atoms with E-state index in [0.29, 0.717) is 18.5 Å². The molecule has 1 rings (SSSR count). The van der Waals surface area contributed by atoms with Crippen molar-refractivity contribution in [2.75, 3.05) is 0 Å². The average molecular weight is 270 g/mol. The van der Waals surface area contributed by atoms with Crippen LogP contribution in [0, 0.1) is 11.3 Å². The van der Waals surface area contributed by atoms with Gasteiger partial charge in [0, 0.05) is 19.0 Å². The Kier molecular flexibility index (Phi) is 5.84. The van der Waals surface area contributed by atoms with Crippen LogP contribution >= 0.6 is 0 Å². The molecule has 1 atom stereocenters. The van der Waals surface area contributed by atoms with Crippen LogP contribution in [0.5, 0.6) is 0 Å². The number of halogens is 3. The predicted molar refractivity (Wildman–Crippen MR) is 67.4 cm³/mol. The van der Waals surface area contributed by atoms with Gasteiger partial charge in [-0.15, -0.1) is 0 Å². The number of rotatable bonds is 6. The summed E-state index contributed by atoms with van der Waals surface area (Å²) in [5, 5.41) is 11.8. The number of hydrogen-bond acceptors (Lipinski definition) is 2. The van der Waals surface area contributed by atoms with Gasteiger partial charge in [-0.2, -0.15) is 18.4 Å². The van der Waals surface area contributed by atoms with Crippen molar-refractivity contribution in [1.82, 2.24) is 5.32 Å². The van der Waals surface area contributed by atoms with Crippen molar-refractivity contribution in [3.05, 3.63) is 35.4 Å². The van der Waals surface area contributed by atoms with E-state index in [4.69, 9.17) is 5.26 Å². The summed E-state index contributed by atoms with van der Waals surface area (Å²) in [6.07, 6.45) is -4.15. The van der Waals surface area contributed by atoms with Crippen molar-refractivity contribution in [3.63, 3.8) is 0 Å². The van der Waals surface area contributed by atoms with Gasteiger partial charge in [-0.05, 0) is 37.5 Å². The number of nitrogens with one attached hydrogen (secondary N) is 1. The lowest BCUT2D eigenvalue weighted by Gasteiger charge is -2.14. The van der Waals surface area contributed by atoms with Crippen molar-refractivity contribution < 1.29 is 13.2 Å². The Balaban J connectivity index is 2.26. The van der Waals surface area contributed by atoms with E-state index in [0.717, 1.165) is 5.56 Å². The molecule has 0 amide bonds. The molecule has 0 bridgehead atoms. The van der Waals surface area contributed by atoms with Gasteiger partial charge in [0.05, 0.1) is 11.6 Å². The maximum atomic E-state index is 12.0. The second-order valence-electron chi connectivity index (χ2n) is 4.60. The van der Waals surface area contributed by atoms with E-state index in [1.54, 1.807) is 12.1 Å². The fraction of sp³-hybridized carbons (Fsp3) is 0.500. The molecule has 0 aromatic heterocycles. The standard InChI is InChI=1S/C14H17F3N2/c1-11(3-2-8-14(15,16)17)19-10-13-6-4-12(9-18)5-7-13/h4-7,11,19H,2-3,8,10H2,1H3. The summed E-state index contributed by atoms with van der Waals surface area (Å²) in [6, 6.07) is 9.21. The third-order valence-corrected chi connectivity index (χ3v) is 2.84. The van der Waals surface area contributed by atoms with Crippen LogP contribution in [-0.2, 0) is 6.54 Å². The smallest absolute Gasteiger partial charge is 0.310 e. The van der Waals surface area contributed by atoms with Crippen LogP contribution in [-0.4, -0.2) is 12.2 Å². The first-order valence-electron chi connectivity index (χ1n) is 6.20. The second-order valence-corrected chi connectivity index (χ2v) is 4.60. The zero-order valence-electron chi connectivity index (χ0n) is 10.8. The zero-order chi connectivity index (χ0) is 14.3. The van der Waals surface area contributed by atoms with E-state index in [-0.39, 0.29) is 12.5 Å². The van der Waals surface area contributed by atoms with Crippen molar-refractivity contribution in [2.45, 2.75) is 44.9 Å². The highest BCUT2D eigenvalue weighted by Crippen LogP contribution is 2.22. The largest absolute Gasteiger partial charge is 0.389 e. The molecule has 0 fully saturated rings. The summed E-state index contributed by atoms with van der Waals surface area (Å²) in [5.41, 5.74) is 1.61. The van der Waals surface area contributed by atoms with E-state index in [1.165, 1.54) is 0 Å². The van der Waals surface area contributed by atoms with E-state index < -0.39 is 12.6 Å². The molecule has 1 unspecified atom stereocenters. The molecule has 0 aliphatic rings. The second kappa shape index (κ2) is 7.15. The fourth-order valence-corrected chi connectivity index (χ4v) is 1.70. The van der Waals surface area contributed by atoms with Crippen molar-refractivity contribution in [2.24, 2.45) is 0 Å². The number of benzene rings is 1. The Morgan fingerprint density at radius 1 is 1.26 bits per heavy atom. The molecule has 1 aromatic rings. The molecule has 2 nitrogen and oxygen atoms in total. The van der Waals surface area contributed by atoms with Gasteiger partial charge in [0.15, 0.2) is 0 Å². The number of alkyl halides is 3. The van der Waals surface area contributed by atoms with Crippen LogP contribution in [0.15, 0.2) is 24.3 Å². The Morgan fingerprint density at radius 3 is 2.42 bits per heavy atom. The highest BCUT2D eigenvalue weighted by atomic mass is 19.4. The topological polar surface area (TPSA) is 35.8 Å². The lowest BCUT2D eigenvalue weighted by atomic mass is 10.1. The van der Waals surface area contributed by atoms with Gasteiger partial charge in [-0.25, -0.2) is 0 Å². The molecule has 1 aromatic carbocycles. The Hall–Kier alpha value is -1.54. The summed E-state index contributed by atoms with van der Waals surface area (Å²) >= 11 is 0. The molecule has 19 heavy (non-hydrogen) atoms. The van der Waals surface area contributed by atoms with Crippen LogP contribution in [0.1, 0.15) is 37.3 Å². The van der Waals surface area contributed by atoms with Gasteiger partial charge in [0.2, 0.25) is 0 Å². The van der Waals surface area contributed by atoms with Gasteiger partial charge >= 0.3 is 6.18 Å². The zero-order valence-corrected chi connectivity index (χ0v) is 10.8. The number of nitrogens with zero attached hydrogens (tertiary/aromatic N) is 1. The van der Waals surface area contributed by atoms with Crippen molar-refractivity contribution in [1.29, 1.82) is 5.26 Å². The maximum absolute atomic E-state index is 12.0. The van der Waals surface area contributed by atoms with Crippen LogP contribution in [0.25, 0.3) is 0 Å². The molecule has 0 saturated carbocycles. The van der Waals surface area contributed by atoms with E-state index in [1.807, 2.05) is 25.1 Å². The van der Waals surface area contributed by atoms with Gasteiger partial charge in [-0.1, -0.05) is 12.1 Å². The van der Waals surface area contributed by atoms with E-state index in [9.17, 15) is 13.2 Å².